The van der Waals surface area contributed by atoms with Crippen LogP contribution in [0.25, 0.3) is 11.0 Å². The lowest BCUT2D eigenvalue weighted by Crippen LogP contribution is -2.13. The minimum Gasteiger partial charge on any atom is -0.331 e. The van der Waals surface area contributed by atoms with Gasteiger partial charge < -0.3 is 9.55 Å². The highest BCUT2D eigenvalue weighted by molar-refractivity contribution is 7.84. The molecule has 0 saturated heterocycles. The maximum Gasteiger partial charge on any atom is 0.178 e. The Morgan fingerprint density at radius 1 is 1.59 bits per heavy atom. The van der Waals surface area contributed by atoms with Gasteiger partial charge >= 0.3 is 0 Å². The normalized spacial score (nSPS) is 15.0. The van der Waals surface area contributed by atoms with Crippen molar-refractivity contribution in [3.05, 3.63) is 28.0 Å². The first-order valence-electron chi connectivity index (χ1n) is 5.19. The van der Waals surface area contributed by atoms with Crippen LogP contribution in [0.2, 0.25) is 5.02 Å². The Morgan fingerprint density at radius 2 is 2.29 bits per heavy atom. The van der Waals surface area contributed by atoms with Crippen molar-refractivity contribution in [1.82, 2.24) is 9.55 Å². The summed E-state index contributed by atoms with van der Waals surface area (Å²) in [6.07, 6.45) is 1.69. The molecule has 0 fully saturated rings. The van der Waals surface area contributed by atoms with E-state index in [1.165, 1.54) is 0 Å². The number of imidazole rings is 1. The summed E-state index contributed by atoms with van der Waals surface area (Å²) >= 11 is 11.5. The topological polar surface area (TPSA) is 37.8 Å². The lowest BCUT2D eigenvalue weighted by molar-refractivity contribution is 0.605. The van der Waals surface area contributed by atoms with Crippen LogP contribution in [0.3, 0.4) is 0 Å². The molecule has 0 spiro atoms. The lowest BCUT2D eigenvalue weighted by Gasteiger charge is -2.13. The van der Waals surface area contributed by atoms with Gasteiger partial charge in [0.25, 0.3) is 0 Å². The number of benzene rings is 1. The van der Waals surface area contributed by atoms with Crippen LogP contribution in [0.1, 0.15) is 13.0 Å². The average Bonchev–Trinajstić information content (AvgIpc) is 2.54. The van der Waals surface area contributed by atoms with Gasteiger partial charge in [0.2, 0.25) is 0 Å². The fraction of sp³-hybridized carbons (Fsp3) is 0.364. The van der Waals surface area contributed by atoms with Crippen LogP contribution in [0.4, 0.5) is 0 Å². The van der Waals surface area contributed by atoms with Crippen LogP contribution >= 0.6 is 23.8 Å². The summed E-state index contributed by atoms with van der Waals surface area (Å²) in [5.74, 6) is 0.562. The summed E-state index contributed by atoms with van der Waals surface area (Å²) < 4.78 is 13.9. The number of hydrogen-bond acceptors (Lipinski definition) is 2. The molecule has 1 N–H and O–H groups in total. The zero-order valence-electron chi connectivity index (χ0n) is 9.57. The van der Waals surface area contributed by atoms with Gasteiger partial charge in [0.05, 0.1) is 16.1 Å². The number of aromatic nitrogens is 2. The van der Waals surface area contributed by atoms with Crippen molar-refractivity contribution in [2.45, 2.75) is 13.0 Å². The zero-order valence-corrected chi connectivity index (χ0v) is 12.0. The first kappa shape index (κ1) is 12.8. The van der Waals surface area contributed by atoms with Gasteiger partial charge in [-0.3, -0.25) is 4.21 Å². The van der Waals surface area contributed by atoms with Crippen molar-refractivity contribution in [3.63, 3.8) is 0 Å². The van der Waals surface area contributed by atoms with Crippen molar-refractivity contribution in [1.29, 1.82) is 0 Å². The van der Waals surface area contributed by atoms with Crippen LogP contribution in [-0.2, 0) is 10.8 Å². The Morgan fingerprint density at radius 3 is 2.94 bits per heavy atom. The van der Waals surface area contributed by atoms with Gasteiger partial charge in [-0.25, -0.2) is 0 Å². The van der Waals surface area contributed by atoms with Crippen LogP contribution in [0.5, 0.6) is 0 Å². The number of nitrogens with zero attached hydrogens (tertiary/aromatic N) is 1. The molecule has 2 aromatic rings. The van der Waals surface area contributed by atoms with E-state index in [2.05, 4.69) is 4.98 Å². The average molecular weight is 289 g/mol. The van der Waals surface area contributed by atoms with E-state index >= 15 is 0 Å². The molecule has 0 aliphatic rings. The van der Waals surface area contributed by atoms with E-state index in [-0.39, 0.29) is 6.04 Å². The van der Waals surface area contributed by atoms with E-state index < -0.39 is 10.8 Å². The molecule has 2 atom stereocenters. The third kappa shape index (κ3) is 2.46. The second kappa shape index (κ2) is 4.92. The lowest BCUT2D eigenvalue weighted by atomic mass is 10.3. The number of halogens is 1. The van der Waals surface area contributed by atoms with E-state index in [0.717, 1.165) is 11.0 Å². The molecule has 0 aliphatic heterocycles. The summed E-state index contributed by atoms with van der Waals surface area (Å²) in [6.45, 7) is 1.99. The van der Waals surface area contributed by atoms with Crippen LogP contribution in [-0.4, -0.2) is 25.8 Å². The Labute approximate surface area is 112 Å². The van der Waals surface area contributed by atoms with Gasteiger partial charge in [-0.15, -0.1) is 0 Å². The van der Waals surface area contributed by atoms with Crippen LogP contribution < -0.4 is 0 Å². The largest absolute Gasteiger partial charge is 0.331 e. The Balaban J connectivity index is 2.64. The van der Waals surface area contributed by atoms with Gasteiger partial charge in [0.15, 0.2) is 4.77 Å². The molecule has 1 aromatic carbocycles. The highest BCUT2D eigenvalue weighted by atomic mass is 35.5. The summed E-state index contributed by atoms with van der Waals surface area (Å²) in [5.41, 5.74) is 1.80. The maximum atomic E-state index is 11.3. The number of nitrogens with one attached hydrogen (secondary N) is 1. The van der Waals surface area contributed by atoms with Crippen molar-refractivity contribution >= 4 is 45.7 Å². The van der Waals surface area contributed by atoms with Crippen molar-refractivity contribution in [2.24, 2.45) is 0 Å². The highest BCUT2D eigenvalue weighted by Crippen LogP contribution is 2.26. The minimum atomic E-state index is -0.862. The summed E-state index contributed by atoms with van der Waals surface area (Å²) in [6, 6.07) is 5.70. The quantitative estimate of drug-likeness (QED) is 0.880. The Hall–Kier alpha value is -0.650. The molecular formula is C11H13ClN2OS2. The Bertz CT molecular complexity index is 632. The molecular weight excluding hydrogens is 276 g/mol. The molecule has 0 aliphatic carbocycles. The first-order chi connectivity index (χ1) is 8.00. The summed E-state index contributed by atoms with van der Waals surface area (Å²) in [4.78, 5) is 3.12. The maximum absolute atomic E-state index is 11.3. The molecule has 0 amide bonds. The molecule has 17 heavy (non-hydrogen) atoms. The Kier molecular flexibility index (Phi) is 3.70. The fourth-order valence-electron chi connectivity index (χ4n) is 1.97. The molecule has 1 heterocycles. The summed E-state index contributed by atoms with van der Waals surface area (Å²) in [7, 11) is -0.862. The van der Waals surface area contributed by atoms with E-state index in [4.69, 9.17) is 23.8 Å². The first-order valence-corrected chi connectivity index (χ1v) is 7.71. The summed E-state index contributed by atoms with van der Waals surface area (Å²) in [5, 5.41) is 0.656. The molecule has 1 aromatic heterocycles. The molecule has 2 unspecified atom stereocenters. The molecule has 0 radical (unpaired) electrons. The smallest absolute Gasteiger partial charge is 0.178 e. The molecule has 92 valence electrons. The van der Waals surface area contributed by atoms with Crippen LogP contribution in [0.15, 0.2) is 18.2 Å². The second-order valence-electron chi connectivity index (χ2n) is 4.03. The van der Waals surface area contributed by atoms with Crippen LogP contribution in [0, 0.1) is 4.77 Å². The fourth-order valence-corrected chi connectivity index (χ4v) is 3.45. The van der Waals surface area contributed by atoms with E-state index in [0.29, 0.717) is 15.5 Å². The number of fused-ring (bicyclic) bond motifs is 1. The number of hydrogen-bond donors (Lipinski definition) is 1. The SMILES string of the molecule is CC(CS(C)=O)n1c(=S)[nH]c2cccc(Cl)c21. The monoisotopic (exact) mass is 288 g/mol. The standard InChI is InChI=1S/C11H13ClN2OS2/c1-7(6-17(2)15)14-10-8(12)4-3-5-9(10)13-11(14)16/h3-5,7H,6H2,1-2H3,(H,13,16). The number of rotatable bonds is 3. The number of H-pyrrole nitrogens is 1. The number of aromatic amines is 1. The van der Waals surface area contributed by atoms with Gasteiger partial charge in [0, 0.05) is 28.9 Å². The van der Waals surface area contributed by atoms with Gasteiger partial charge in [-0.2, -0.15) is 0 Å². The molecule has 2 rings (SSSR count). The predicted molar refractivity (Wildman–Crippen MR) is 75.8 cm³/mol. The van der Waals surface area contributed by atoms with E-state index in [9.17, 15) is 4.21 Å². The van der Waals surface area contributed by atoms with Gasteiger partial charge in [0.1, 0.15) is 0 Å². The second-order valence-corrected chi connectivity index (χ2v) is 6.30. The van der Waals surface area contributed by atoms with Crippen molar-refractivity contribution < 1.29 is 4.21 Å². The number of para-hydroxylation sites is 1. The highest BCUT2D eigenvalue weighted by Gasteiger charge is 2.14. The van der Waals surface area contributed by atoms with Crippen molar-refractivity contribution in [2.75, 3.05) is 12.0 Å². The molecule has 0 saturated carbocycles. The van der Waals surface area contributed by atoms with E-state index in [1.54, 1.807) is 6.26 Å². The zero-order chi connectivity index (χ0) is 12.6. The third-order valence-electron chi connectivity index (χ3n) is 2.60. The molecule has 3 nitrogen and oxygen atoms in total. The minimum absolute atomic E-state index is 0.0574. The third-order valence-corrected chi connectivity index (χ3v) is 4.16. The van der Waals surface area contributed by atoms with Gasteiger partial charge in [-0.1, -0.05) is 17.7 Å². The predicted octanol–water partition coefficient (Wildman–Crippen LogP) is 3.29. The van der Waals surface area contributed by atoms with Gasteiger partial charge in [-0.05, 0) is 31.3 Å². The molecule has 6 heteroatoms. The van der Waals surface area contributed by atoms with Crippen molar-refractivity contribution in [3.8, 4) is 0 Å². The van der Waals surface area contributed by atoms with E-state index in [1.807, 2.05) is 29.7 Å². The molecule has 0 bridgehead atoms.